The first-order valence-corrected chi connectivity index (χ1v) is 4.40. The van der Waals surface area contributed by atoms with E-state index in [2.05, 4.69) is 32.8 Å². The van der Waals surface area contributed by atoms with Gasteiger partial charge in [0.25, 0.3) is 0 Å². The minimum Gasteiger partial charge on any atom is -0.368 e. The van der Waals surface area contributed by atoms with Crippen LogP contribution in [0.25, 0.3) is 0 Å². The fourth-order valence-electron chi connectivity index (χ4n) is 1.69. The van der Waals surface area contributed by atoms with Crippen LogP contribution in [0.4, 0.5) is 0 Å². The molecule has 0 bridgehead atoms. The third kappa shape index (κ3) is 1.94. The van der Waals surface area contributed by atoms with Crippen LogP contribution < -0.4 is 0 Å². The van der Waals surface area contributed by atoms with Crippen molar-refractivity contribution < 1.29 is 4.74 Å². The van der Waals surface area contributed by atoms with Crippen LogP contribution in [0.1, 0.15) is 26.7 Å². The zero-order valence-electron chi connectivity index (χ0n) is 8.05. The fourth-order valence-corrected chi connectivity index (χ4v) is 1.69. The van der Waals surface area contributed by atoms with Crippen molar-refractivity contribution in [2.24, 2.45) is 0 Å². The zero-order chi connectivity index (χ0) is 8.48. The van der Waals surface area contributed by atoms with E-state index in [-0.39, 0.29) is 5.60 Å². The van der Waals surface area contributed by atoms with Gasteiger partial charge in [0.1, 0.15) is 5.60 Å². The zero-order valence-corrected chi connectivity index (χ0v) is 8.05. The third-order valence-electron chi connectivity index (χ3n) is 2.49. The number of hydrogen-bond donors (Lipinski definition) is 0. The van der Waals surface area contributed by atoms with Gasteiger partial charge in [0.05, 0.1) is 6.61 Å². The summed E-state index contributed by atoms with van der Waals surface area (Å²) in [6, 6.07) is 0.604. The molecule has 66 valence electrons. The van der Waals surface area contributed by atoms with Gasteiger partial charge in [-0.2, -0.15) is 0 Å². The summed E-state index contributed by atoms with van der Waals surface area (Å²) < 4.78 is 5.43. The maximum atomic E-state index is 5.43. The van der Waals surface area contributed by atoms with Crippen LogP contribution in [0.3, 0.4) is 0 Å². The molecule has 0 N–H and O–H groups in total. The molecule has 2 nitrogen and oxygen atoms in total. The average molecular weight is 157 g/mol. The van der Waals surface area contributed by atoms with E-state index in [1.165, 1.54) is 12.8 Å². The lowest BCUT2D eigenvalue weighted by molar-refractivity contribution is 0.156. The van der Waals surface area contributed by atoms with Gasteiger partial charge < -0.3 is 9.64 Å². The molecule has 0 aliphatic carbocycles. The quantitative estimate of drug-likeness (QED) is 0.575. The van der Waals surface area contributed by atoms with Gasteiger partial charge in [0.15, 0.2) is 0 Å². The van der Waals surface area contributed by atoms with Crippen LogP contribution in [-0.2, 0) is 4.74 Å². The molecule has 2 heteroatoms. The van der Waals surface area contributed by atoms with Gasteiger partial charge >= 0.3 is 0 Å². The number of likely N-dealkylation sites (N-methyl/N-ethyl adjacent to an activating group) is 1. The summed E-state index contributed by atoms with van der Waals surface area (Å²) in [7, 11) is 4.26. The number of hydrogen-bond acceptors (Lipinski definition) is 2. The van der Waals surface area contributed by atoms with Crippen molar-refractivity contribution in [3.05, 3.63) is 0 Å². The molecule has 1 rings (SSSR count). The molecule has 1 saturated heterocycles. The van der Waals surface area contributed by atoms with Crippen molar-refractivity contribution in [1.82, 2.24) is 4.90 Å². The molecular weight excluding hydrogens is 138 g/mol. The summed E-state index contributed by atoms with van der Waals surface area (Å²) in [6.07, 6.45) is 2.48. The summed E-state index contributed by atoms with van der Waals surface area (Å²) in [5.41, 5.74) is 0.166. The molecule has 2 unspecified atom stereocenters. The molecule has 1 heterocycles. The van der Waals surface area contributed by atoms with E-state index in [1.54, 1.807) is 0 Å². The summed E-state index contributed by atoms with van der Waals surface area (Å²) in [5.74, 6) is 0. The van der Waals surface area contributed by atoms with Crippen LogP contribution in [-0.4, -0.2) is 37.2 Å². The van der Waals surface area contributed by atoms with E-state index in [9.17, 15) is 0 Å². The summed E-state index contributed by atoms with van der Waals surface area (Å²) in [6.45, 7) is 5.37. The predicted molar refractivity (Wildman–Crippen MR) is 46.7 cm³/mol. The second-order valence-electron chi connectivity index (χ2n) is 3.87. The van der Waals surface area contributed by atoms with Crippen molar-refractivity contribution >= 4 is 0 Å². The van der Waals surface area contributed by atoms with E-state index in [0.29, 0.717) is 6.04 Å². The maximum absolute atomic E-state index is 5.43. The lowest BCUT2D eigenvalue weighted by Crippen LogP contribution is -2.39. The second-order valence-corrected chi connectivity index (χ2v) is 3.87. The van der Waals surface area contributed by atoms with Crippen molar-refractivity contribution in [3.63, 3.8) is 0 Å². The Balaban J connectivity index is 2.45. The van der Waals surface area contributed by atoms with Crippen molar-refractivity contribution in [3.8, 4) is 0 Å². The van der Waals surface area contributed by atoms with Crippen LogP contribution >= 0.6 is 0 Å². The molecule has 1 aliphatic rings. The highest BCUT2D eigenvalue weighted by Crippen LogP contribution is 2.34. The molecule has 0 spiro atoms. The van der Waals surface area contributed by atoms with E-state index < -0.39 is 0 Å². The Morgan fingerprint density at radius 3 is 2.36 bits per heavy atom. The highest BCUT2D eigenvalue weighted by Gasteiger charge is 2.47. The van der Waals surface area contributed by atoms with Crippen LogP contribution in [0.15, 0.2) is 0 Å². The lowest BCUT2D eigenvalue weighted by atomic mass is 9.97. The van der Waals surface area contributed by atoms with Gasteiger partial charge in [-0.15, -0.1) is 0 Å². The van der Waals surface area contributed by atoms with Gasteiger partial charge in [-0.25, -0.2) is 0 Å². The number of epoxide rings is 1. The normalized spacial score (nSPS) is 32.5. The lowest BCUT2D eigenvalue weighted by Gasteiger charge is -2.27. The molecule has 0 aromatic rings. The maximum Gasteiger partial charge on any atom is 0.104 e. The van der Waals surface area contributed by atoms with Gasteiger partial charge in [-0.1, -0.05) is 13.3 Å². The Labute approximate surface area is 69.5 Å². The molecule has 1 aliphatic heterocycles. The summed E-state index contributed by atoms with van der Waals surface area (Å²) in [5, 5.41) is 0. The van der Waals surface area contributed by atoms with Gasteiger partial charge in [0, 0.05) is 6.04 Å². The molecule has 0 amide bonds. The van der Waals surface area contributed by atoms with Crippen molar-refractivity contribution in [2.45, 2.75) is 38.3 Å². The van der Waals surface area contributed by atoms with Crippen molar-refractivity contribution in [1.29, 1.82) is 0 Å². The largest absolute Gasteiger partial charge is 0.368 e. The number of rotatable bonds is 4. The van der Waals surface area contributed by atoms with Crippen LogP contribution in [0, 0.1) is 0 Å². The van der Waals surface area contributed by atoms with Gasteiger partial charge in [-0.3, -0.25) is 0 Å². The average Bonchev–Trinajstić information content (AvgIpc) is 2.63. The van der Waals surface area contributed by atoms with Crippen LogP contribution in [0.2, 0.25) is 0 Å². The molecule has 0 saturated carbocycles. The monoisotopic (exact) mass is 157 g/mol. The number of ether oxygens (including phenoxy) is 1. The standard InChI is InChI=1S/C9H19NO/c1-5-6-8(10(3)4)9(2)7-11-9/h8H,5-7H2,1-4H3. The van der Waals surface area contributed by atoms with E-state index in [4.69, 9.17) is 4.74 Å². The first-order valence-electron chi connectivity index (χ1n) is 4.40. The highest BCUT2D eigenvalue weighted by molar-refractivity contribution is 4.98. The Morgan fingerprint density at radius 1 is 1.55 bits per heavy atom. The summed E-state index contributed by atoms with van der Waals surface area (Å²) in [4.78, 5) is 2.27. The first kappa shape index (κ1) is 9.01. The molecule has 0 radical (unpaired) electrons. The molecule has 0 aromatic heterocycles. The Kier molecular flexibility index (Phi) is 2.55. The molecule has 0 aromatic carbocycles. The first-order chi connectivity index (χ1) is 5.10. The smallest absolute Gasteiger partial charge is 0.104 e. The van der Waals surface area contributed by atoms with E-state index >= 15 is 0 Å². The number of nitrogens with zero attached hydrogens (tertiary/aromatic N) is 1. The third-order valence-corrected chi connectivity index (χ3v) is 2.49. The Morgan fingerprint density at radius 2 is 2.09 bits per heavy atom. The molecule has 11 heavy (non-hydrogen) atoms. The van der Waals surface area contributed by atoms with Crippen molar-refractivity contribution in [2.75, 3.05) is 20.7 Å². The fraction of sp³-hybridized carbons (Fsp3) is 1.00. The highest BCUT2D eigenvalue weighted by atomic mass is 16.6. The van der Waals surface area contributed by atoms with E-state index in [1.807, 2.05) is 0 Å². The second kappa shape index (κ2) is 3.11. The molecule has 1 fully saturated rings. The Hall–Kier alpha value is -0.0800. The minimum atomic E-state index is 0.166. The van der Waals surface area contributed by atoms with E-state index in [0.717, 1.165) is 6.61 Å². The van der Waals surface area contributed by atoms with Crippen LogP contribution in [0.5, 0.6) is 0 Å². The SMILES string of the molecule is CCCC(N(C)C)C1(C)CO1. The molecular formula is C9H19NO. The van der Waals surface area contributed by atoms with Gasteiger partial charge in [0.2, 0.25) is 0 Å². The predicted octanol–water partition coefficient (Wildman–Crippen LogP) is 1.51. The Bertz CT molecular complexity index is 130. The molecule has 2 atom stereocenters. The van der Waals surface area contributed by atoms with Gasteiger partial charge in [-0.05, 0) is 27.4 Å². The minimum absolute atomic E-state index is 0.166. The topological polar surface area (TPSA) is 15.8 Å². The summed E-state index contributed by atoms with van der Waals surface area (Å²) >= 11 is 0.